The summed E-state index contributed by atoms with van der Waals surface area (Å²) in [5.74, 6) is -0.355. The number of Topliss-reactive ketones (excluding diaryl/α,β-unsaturated/α-hetero) is 1. The van der Waals surface area contributed by atoms with Gasteiger partial charge < -0.3 is 24.6 Å². The Kier molecular flexibility index (Phi) is 8.64. The number of hydrogen-bond donors (Lipinski definition) is 2. The van der Waals surface area contributed by atoms with E-state index in [1.807, 2.05) is 68.4 Å². The van der Waals surface area contributed by atoms with E-state index in [0.717, 1.165) is 11.3 Å². The average molecular weight is 574 g/mol. The highest BCUT2D eigenvalue weighted by Crippen LogP contribution is 2.47. The molecule has 1 heterocycles. The van der Waals surface area contributed by atoms with E-state index in [9.17, 15) is 14.7 Å². The number of para-hydroxylation sites is 1. The molecule has 0 spiro atoms. The third kappa shape index (κ3) is 6.25. The van der Waals surface area contributed by atoms with Crippen LogP contribution in [0, 0.1) is 0 Å². The quantitative estimate of drug-likeness (QED) is 0.225. The van der Waals surface area contributed by atoms with E-state index in [1.54, 1.807) is 12.1 Å². The van der Waals surface area contributed by atoms with Crippen molar-refractivity contribution in [3.8, 4) is 17.2 Å². The van der Waals surface area contributed by atoms with E-state index in [0.29, 0.717) is 52.6 Å². The van der Waals surface area contributed by atoms with Crippen molar-refractivity contribution in [2.75, 3.05) is 19.8 Å². The van der Waals surface area contributed by atoms with Crippen LogP contribution in [0.4, 0.5) is 0 Å². The van der Waals surface area contributed by atoms with Crippen LogP contribution in [0.3, 0.4) is 0 Å². The molecule has 3 aromatic carbocycles. The highest BCUT2D eigenvalue weighted by atomic mass is 35.5. The van der Waals surface area contributed by atoms with Crippen LogP contribution in [-0.2, 0) is 14.3 Å². The molecule has 0 fully saturated rings. The number of phenols is 1. The zero-order valence-corrected chi connectivity index (χ0v) is 23.7. The minimum Gasteiger partial charge on any atom is -0.504 e. The first-order valence-electron chi connectivity index (χ1n) is 13.7. The number of ether oxygens (including phenoxy) is 3. The average Bonchev–Trinajstić information content (AvgIpc) is 2.96. The molecule has 0 aromatic heterocycles. The van der Waals surface area contributed by atoms with Gasteiger partial charge in [0.05, 0.1) is 12.2 Å². The molecule has 41 heavy (non-hydrogen) atoms. The van der Waals surface area contributed by atoms with Crippen molar-refractivity contribution < 1.29 is 28.9 Å². The van der Waals surface area contributed by atoms with E-state index in [1.165, 1.54) is 6.07 Å². The number of hydrogen-bond acceptors (Lipinski definition) is 7. The summed E-state index contributed by atoms with van der Waals surface area (Å²) in [5.41, 5.74) is 3.94. The molecule has 212 valence electrons. The van der Waals surface area contributed by atoms with Gasteiger partial charge in [-0.3, -0.25) is 4.79 Å². The molecule has 0 bridgehead atoms. The van der Waals surface area contributed by atoms with Crippen molar-refractivity contribution >= 4 is 23.4 Å². The number of benzene rings is 3. The lowest BCUT2D eigenvalue weighted by Crippen LogP contribution is -2.36. The van der Waals surface area contributed by atoms with Gasteiger partial charge in [-0.1, -0.05) is 48.0 Å². The van der Waals surface area contributed by atoms with Crippen molar-refractivity contribution in [3.05, 3.63) is 111 Å². The van der Waals surface area contributed by atoms with Gasteiger partial charge in [-0.15, -0.1) is 0 Å². The number of halogens is 1. The van der Waals surface area contributed by atoms with Gasteiger partial charge in [0, 0.05) is 34.3 Å². The number of aromatic hydroxyl groups is 1. The minimum atomic E-state index is -0.688. The maximum atomic E-state index is 13.8. The number of rotatable bonds is 9. The molecule has 1 aliphatic heterocycles. The Bertz CT molecular complexity index is 1500. The lowest BCUT2D eigenvalue weighted by atomic mass is 9.71. The van der Waals surface area contributed by atoms with Crippen LogP contribution < -0.4 is 14.8 Å². The Morgan fingerprint density at radius 2 is 1.71 bits per heavy atom. The van der Waals surface area contributed by atoms with Crippen LogP contribution >= 0.6 is 11.6 Å². The summed E-state index contributed by atoms with van der Waals surface area (Å²) in [6, 6.07) is 21.8. The zero-order valence-electron chi connectivity index (χ0n) is 23.0. The van der Waals surface area contributed by atoms with Gasteiger partial charge in [0.1, 0.15) is 19.0 Å². The third-order valence-corrected chi connectivity index (χ3v) is 7.59. The first-order chi connectivity index (χ1) is 19.9. The first-order valence-corrected chi connectivity index (χ1v) is 14.0. The van der Waals surface area contributed by atoms with Gasteiger partial charge in [-0.25, -0.2) is 4.79 Å². The molecule has 0 saturated carbocycles. The zero-order chi connectivity index (χ0) is 28.9. The summed E-state index contributed by atoms with van der Waals surface area (Å²) in [7, 11) is 0. The van der Waals surface area contributed by atoms with Crippen LogP contribution in [0.2, 0.25) is 5.02 Å². The van der Waals surface area contributed by atoms with E-state index in [4.69, 9.17) is 25.8 Å². The molecule has 0 radical (unpaired) electrons. The number of esters is 1. The van der Waals surface area contributed by atoms with Gasteiger partial charge in [-0.05, 0) is 73.7 Å². The summed E-state index contributed by atoms with van der Waals surface area (Å²) in [6.07, 6.45) is 0.890. The van der Waals surface area contributed by atoms with Gasteiger partial charge in [0.15, 0.2) is 17.3 Å². The number of ketones is 1. The van der Waals surface area contributed by atoms with Gasteiger partial charge in [-0.2, -0.15) is 0 Å². The summed E-state index contributed by atoms with van der Waals surface area (Å²) in [6.45, 7) is 4.21. The van der Waals surface area contributed by atoms with Crippen molar-refractivity contribution in [2.45, 2.75) is 38.5 Å². The van der Waals surface area contributed by atoms with Gasteiger partial charge in [0.25, 0.3) is 0 Å². The van der Waals surface area contributed by atoms with Crippen molar-refractivity contribution in [2.24, 2.45) is 0 Å². The molecule has 2 N–H and O–H groups in total. The van der Waals surface area contributed by atoms with E-state index in [-0.39, 0.29) is 36.4 Å². The molecule has 3 aromatic rings. The Hall–Kier alpha value is -4.23. The third-order valence-electron chi connectivity index (χ3n) is 7.33. The highest BCUT2D eigenvalue weighted by molar-refractivity contribution is 6.30. The molecular formula is C33H32ClNO6. The molecule has 1 aliphatic carbocycles. The predicted molar refractivity (Wildman–Crippen MR) is 156 cm³/mol. The maximum Gasteiger partial charge on any atom is 0.336 e. The Balaban J connectivity index is 1.46. The highest BCUT2D eigenvalue weighted by Gasteiger charge is 2.41. The Morgan fingerprint density at radius 3 is 2.44 bits per heavy atom. The van der Waals surface area contributed by atoms with Gasteiger partial charge >= 0.3 is 5.97 Å². The van der Waals surface area contributed by atoms with Crippen molar-refractivity contribution in [1.29, 1.82) is 0 Å². The van der Waals surface area contributed by atoms with Crippen molar-refractivity contribution in [1.82, 2.24) is 5.32 Å². The number of nitrogens with one attached hydrogen (secondary N) is 1. The molecule has 0 saturated heterocycles. The van der Waals surface area contributed by atoms with E-state index < -0.39 is 11.9 Å². The SMILES string of the molecule is CCOc1cc([C@@H]2C(C(=O)OCCOc3ccccc3)=C(C)NC3=C2C(=O)C[C@@H](c2ccc(Cl)cc2)C3)ccc1O. The van der Waals surface area contributed by atoms with Crippen LogP contribution in [0.1, 0.15) is 49.7 Å². The first kappa shape index (κ1) is 28.3. The van der Waals surface area contributed by atoms with Crippen LogP contribution in [0.5, 0.6) is 17.2 Å². The van der Waals surface area contributed by atoms with Crippen LogP contribution in [0.15, 0.2) is 95.3 Å². The number of allylic oxidation sites excluding steroid dienone is 3. The van der Waals surface area contributed by atoms with Crippen LogP contribution in [-0.4, -0.2) is 36.7 Å². The van der Waals surface area contributed by atoms with Gasteiger partial charge in [0.2, 0.25) is 0 Å². The largest absolute Gasteiger partial charge is 0.504 e. The fourth-order valence-electron chi connectivity index (χ4n) is 5.48. The number of carbonyl (C=O) groups is 2. The number of carbonyl (C=O) groups excluding carboxylic acids is 2. The summed E-state index contributed by atoms with van der Waals surface area (Å²) >= 11 is 6.09. The molecule has 8 heteroatoms. The van der Waals surface area contributed by atoms with E-state index >= 15 is 0 Å². The smallest absolute Gasteiger partial charge is 0.336 e. The summed E-state index contributed by atoms with van der Waals surface area (Å²) in [5, 5.41) is 14.3. The monoisotopic (exact) mass is 573 g/mol. The molecule has 7 nitrogen and oxygen atoms in total. The lowest BCUT2D eigenvalue weighted by molar-refractivity contribution is -0.140. The second-order valence-corrected chi connectivity index (χ2v) is 10.5. The fourth-order valence-corrected chi connectivity index (χ4v) is 5.61. The molecular weight excluding hydrogens is 542 g/mol. The molecule has 5 rings (SSSR count). The summed E-state index contributed by atoms with van der Waals surface area (Å²) in [4.78, 5) is 27.4. The maximum absolute atomic E-state index is 13.8. The number of phenolic OH excluding ortho intramolecular Hbond substituents is 1. The second kappa shape index (κ2) is 12.5. The second-order valence-electron chi connectivity index (χ2n) is 10.0. The Labute approximate surface area is 244 Å². The summed E-state index contributed by atoms with van der Waals surface area (Å²) < 4.78 is 17.0. The predicted octanol–water partition coefficient (Wildman–Crippen LogP) is 6.43. The van der Waals surface area contributed by atoms with Crippen molar-refractivity contribution in [3.63, 3.8) is 0 Å². The van der Waals surface area contributed by atoms with E-state index in [2.05, 4.69) is 5.32 Å². The standard InChI is InChI=1S/C33H32ClNO6/c1-3-39-29-19-22(11-14-27(29)36)31-30(33(38)41-16-15-40-25-7-5-4-6-8-25)20(2)35-26-17-23(18-28(37)32(26)31)21-9-12-24(34)13-10-21/h4-14,19,23,31,35-36H,3,15-18H2,1-2H3/t23-,31+/m0/s1. The molecule has 2 atom stereocenters. The minimum absolute atomic E-state index is 0.0144. The topological polar surface area (TPSA) is 94.1 Å². The van der Waals surface area contributed by atoms with Crippen LogP contribution in [0.25, 0.3) is 0 Å². The fraction of sp³-hybridized carbons (Fsp3) is 0.273. The Morgan fingerprint density at radius 1 is 0.976 bits per heavy atom. The normalized spacial score (nSPS) is 18.5. The molecule has 0 amide bonds. The lowest BCUT2D eigenvalue weighted by Gasteiger charge is -2.36. The molecule has 2 aliphatic rings. The number of dihydropyridines is 1. The molecule has 0 unspecified atom stereocenters.